The van der Waals surface area contributed by atoms with Crippen LogP contribution < -0.4 is 0 Å². The van der Waals surface area contributed by atoms with Crippen molar-refractivity contribution < 1.29 is 0 Å². The summed E-state index contributed by atoms with van der Waals surface area (Å²) in [6, 6.07) is 0. The molecule has 1 saturated carbocycles. The van der Waals surface area contributed by atoms with E-state index in [-0.39, 0.29) is 0 Å². The van der Waals surface area contributed by atoms with Crippen LogP contribution in [0.3, 0.4) is 0 Å². The summed E-state index contributed by atoms with van der Waals surface area (Å²) in [5.41, 5.74) is 1.69. The highest BCUT2D eigenvalue weighted by atomic mass is 14.3. The van der Waals surface area contributed by atoms with Gasteiger partial charge in [-0.2, -0.15) is 0 Å². The summed E-state index contributed by atoms with van der Waals surface area (Å²) in [5, 5.41) is 0. The first-order chi connectivity index (χ1) is 4.88. The maximum absolute atomic E-state index is 2.45. The number of hydrogen-bond acceptors (Lipinski definition) is 0. The topological polar surface area (TPSA) is 0 Å². The van der Waals surface area contributed by atoms with E-state index in [0.29, 0.717) is 0 Å². The number of hydrogen-bond donors (Lipinski definition) is 0. The van der Waals surface area contributed by atoms with E-state index in [4.69, 9.17) is 0 Å². The van der Waals surface area contributed by atoms with Crippen molar-refractivity contribution in [1.29, 1.82) is 0 Å². The highest BCUT2D eigenvalue weighted by Gasteiger charge is 2.29. The fourth-order valence-electron chi connectivity index (χ4n) is 2.66. The van der Waals surface area contributed by atoms with Gasteiger partial charge in [-0.3, -0.25) is 0 Å². The van der Waals surface area contributed by atoms with Crippen molar-refractivity contribution in [3.8, 4) is 0 Å². The highest BCUT2D eigenvalue weighted by molar-refractivity contribution is 5.10. The lowest BCUT2D eigenvalue weighted by Crippen LogP contribution is -2.12. The van der Waals surface area contributed by atoms with Gasteiger partial charge in [0.15, 0.2) is 0 Å². The molecule has 2 atom stereocenters. The Labute approximate surface area is 63.3 Å². The lowest BCUT2D eigenvalue weighted by Gasteiger charge is -2.24. The molecule has 2 aliphatic carbocycles. The van der Waals surface area contributed by atoms with Gasteiger partial charge in [-0.15, -0.1) is 0 Å². The van der Waals surface area contributed by atoms with E-state index in [2.05, 4.69) is 13.0 Å². The van der Waals surface area contributed by atoms with E-state index < -0.39 is 0 Å². The van der Waals surface area contributed by atoms with E-state index in [1.54, 1.807) is 5.57 Å². The van der Waals surface area contributed by atoms with Gasteiger partial charge in [0.05, 0.1) is 0 Å². The number of rotatable bonds is 0. The van der Waals surface area contributed by atoms with E-state index >= 15 is 0 Å². The van der Waals surface area contributed by atoms with Crippen molar-refractivity contribution in [2.45, 2.75) is 39.0 Å². The van der Waals surface area contributed by atoms with Crippen molar-refractivity contribution in [3.05, 3.63) is 11.6 Å². The predicted molar refractivity (Wildman–Crippen MR) is 43.8 cm³/mol. The molecule has 0 amide bonds. The maximum atomic E-state index is 2.45. The Hall–Kier alpha value is -0.260. The van der Waals surface area contributed by atoms with Crippen LogP contribution >= 0.6 is 0 Å². The molecule has 10 heavy (non-hydrogen) atoms. The van der Waals surface area contributed by atoms with Crippen LogP contribution in [0.15, 0.2) is 11.6 Å². The average molecular weight is 136 g/mol. The van der Waals surface area contributed by atoms with E-state index in [0.717, 1.165) is 11.8 Å². The molecule has 0 nitrogen and oxygen atoms in total. The standard InChI is InChI=1S/C10H16/c1-8-4-2-5-9-6-3-7-10(8)9/h4,9-10H,2-3,5-7H2,1H3. The van der Waals surface area contributed by atoms with E-state index in [1.807, 2.05) is 0 Å². The Morgan fingerprint density at radius 3 is 3.00 bits per heavy atom. The first-order valence-corrected chi connectivity index (χ1v) is 4.54. The average Bonchev–Trinajstić information content (AvgIpc) is 2.36. The minimum Gasteiger partial charge on any atom is -0.0853 e. The second-order valence-electron chi connectivity index (χ2n) is 3.82. The summed E-state index contributed by atoms with van der Waals surface area (Å²) < 4.78 is 0. The summed E-state index contributed by atoms with van der Waals surface area (Å²) in [4.78, 5) is 0. The monoisotopic (exact) mass is 136 g/mol. The molecule has 0 heteroatoms. The van der Waals surface area contributed by atoms with Gasteiger partial charge in [0.25, 0.3) is 0 Å². The Morgan fingerprint density at radius 1 is 1.30 bits per heavy atom. The molecule has 2 rings (SSSR count). The van der Waals surface area contributed by atoms with Gasteiger partial charge in [0.2, 0.25) is 0 Å². The van der Waals surface area contributed by atoms with Crippen molar-refractivity contribution >= 4 is 0 Å². The zero-order valence-electron chi connectivity index (χ0n) is 6.77. The normalized spacial score (nSPS) is 39.1. The molecule has 2 aliphatic rings. The molecule has 1 fully saturated rings. The predicted octanol–water partition coefficient (Wildman–Crippen LogP) is 3.14. The fraction of sp³-hybridized carbons (Fsp3) is 0.800. The molecule has 0 heterocycles. The van der Waals surface area contributed by atoms with Gasteiger partial charge in [-0.05, 0) is 44.4 Å². The Balaban J connectivity index is 2.16. The molecule has 0 aromatic carbocycles. The van der Waals surface area contributed by atoms with Gasteiger partial charge in [-0.25, -0.2) is 0 Å². The third-order valence-electron chi connectivity index (χ3n) is 3.25. The third-order valence-corrected chi connectivity index (χ3v) is 3.25. The molecule has 0 saturated heterocycles. The van der Waals surface area contributed by atoms with Crippen LogP contribution in [0.1, 0.15) is 39.0 Å². The maximum Gasteiger partial charge on any atom is -0.0178 e. The van der Waals surface area contributed by atoms with Crippen LogP contribution in [0.25, 0.3) is 0 Å². The SMILES string of the molecule is CC1=CCCC2CCCC12. The quantitative estimate of drug-likeness (QED) is 0.449. The summed E-state index contributed by atoms with van der Waals surface area (Å²) in [7, 11) is 0. The molecular weight excluding hydrogens is 120 g/mol. The summed E-state index contributed by atoms with van der Waals surface area (Å²) in [6.45, 7) is 2.32. The Morgan fingerprint density at radius 2 is 2.20 bits per heavy atom. The molecule has 0 aromatic rings. The van der Waals surface area contributed by atoms with Gasteiger partial charge in [0.1, 0.15) is 0 Å². The molecule has 0 radical (unpaired) electrons. The molecular formula is C10H16. The third kappa shape index (κ3) is 0.902. The largest absolute Gasteiger partial charge is 0.0853 e. The van der Waals surface area contributed by atoms with Crippen molar-refractivity contribution in [1.82, 2.24) is 0 Å². The van der Waals surface area contributed by atoms with E-state index in [1.165, 1.54) is 32.1 Å². The molecule has 0 aliphatic heterocycles. The van der Waals surface area contributed by atoms with Crippen molar-refractivity contribution in [3.63, 3.8) is 0 Å². The molecule has 56 valence electrons. The van der Waals surface area contributed by atoms with Crippen molar-refractivity contribution in [2.75, 3.05) is 0 Å². The van der Waals surface area contributed by atoms with Crippen LogP contribution in [0.5, 0.6) is 0 Å². The molecule has 2 unspecified atom stereocenters. The van der Waals surface area contributed by atoms with Gasteiger partial charge < -0.3 is 0 Å². The van der Waals surface area contributed by atoms with Crippen LogP contribution in [0, 0.1) is 11.8 Å². The van der Waals surface area contributed by atoms with Crippen LogP contribution in [0.2, 0.25) is 0 Å². The van der Waals surface area contributed by atoms with E-state index in [9.17, 15) is 0 Å². The zero-order chi connectivity index (χ0) is 6.97. The second kappa shape index (κ2) is 2.41. The summed E-state index contributed by atoms with van der Waals surface area (Å²) >= 11 is 0. The zero-order valence-corrected chi connectivity index (χ0v) is 6.77. The Kier molecular flexibility index (Phi) is 1.55. The molecule has 0 aromatic heterocycles. The van der Waals surface area contributed by atoms with Crippen molar-refractivity contribution in [2.24, 2.45) is 11.8 Å². The summed E-state index contributed by atoms with van der Waals surface area (Å²) in [5.74, 6) is 2.07. The van der Waals surface area contributed by atoms with Crippen LogP contribution in [0.4, 0.5) is 0 Å². The number of fused-ring (bicyclic) bond motifs is 1. The summed E-state index contributed by atoms with van der Waals surface area (Å²) in [6.07, 6.45) is 9.75. The van der Waals surface area contributed by atoms with Gasteiger partial charge in [-0.1, -0.05) is 18.1 Å². The van der Waals surface area contributed by atoms with Crippen LogP contribution in [-0.4, -0.2) is 0 Å². The lowest BCUT2D eigenvalue weighted by atomic mass is 9.82. The molecule has 0 bridgehead atoms. The molecule has 0 spiro atoms. The first-order valence-electron chi connectivity index (χ1n) is 4.54. The lowest BCUT2D eigenvalue weighted by molar-refractivity contribution is 0.392. The second-order valence-corrected chi connectivity index (χ2v) is 3.82. The highest BCUT2D eigenvalue weighted by Crippen LogP contribution is 2.42. The molecule has 0 N–H and O–H groups in total. The first kappa shape index (κ1) is 6.45. The fourth-order valence-corrected chi connectivity index (χ4v) is 2.66. The van der Waals surface area contributed by atoms with Gasteiger partial charge >= 0.3 is 0 Å². The Bertz CT molecular complexity index is 155. The smallest absolute Gasteiger partial charge is 0.0178 e. The number of allylic oxidation sites excluding steroid dienone is 2. The minimum absolute atomic E-state index is 0.994. The van der Waals surface area contributed by atoms with Gasteiger partial charge in [0, 0.05) is 0 Å². The minimum atomic E-state index is 0.994. The van der Waals surface area contributed by atoms with Crippen LogP contribution in [-0.2, 0) is 0 Å².